The van der Waals surface area contributed by atoms with E-state index in [4.69, 9.17) is 17.3 Å². The molecule has 1 aromatic carbocycles. The van der Waals surface area contributed by atoms with Gasteiger partial charge in [0.2, 0.25) is 5.91 Å². The van der Waals surface area contributed by atoms with E-state index < -0.39 is 29.4 Å². The zero-order valence-electron chi connectivity index (χ0n) is 24.6. The third-order valence-electron chi connectivity index (χ3n) is 7.17. The van der Waals surface area contributed by atoms with Crippen LogP contribution in [-0.4, -0.2) is 58.7 Å². The number of anilines is 1. The van der Waals surface area contributed by atoms with E-state index in [1.165, 1.54) is 6.20 Å². The van der Waals surface area contributed by atoms with Gasteiger partial charge in [0.15, 0.2) is 12.1 Å². The monoisotopic (exact) mass is 631 g/mol. The summed E-state index contributed by atoms with van der Waals surface area (Å²) >= 11 is 5.58. The highest BCUT2D eigenvalue weighted by Crippen LogP contribution is 2.35. The molecule has 4 N–H and O–H groups in total. The number of pyridine rings is 1. The number of rotatable bonds is 9. The molecule has 2 aromatic heterocycles. The van der Waals surface area contributed by atoms with Gasteiger partial charge in [-0.05, 0) is 37.5 Å². The number of carbonyl (C=O) groups is 2. The Balaban J connectivity index is 0.000000249. The summed E-state index contributed by atoms with van der Waals surface area (Å²) in [5.74, 6) is -0.156. The van der Waals surface area contributed by atoms with Crippen molar-refractivity contribution in [2.75, 3.05) is 25.1 Å². The Morgan fingerprint density at radius 3 is 2.55 bits per heavy atom. The van der Waals surface area contributed by atoms with E-state index in [1.54, 1.807) is 24.4 Å². The molecule has 14 heteroatoms. The lowest BCUT2D eigenvalue weighted by molar-refractivity contribution is -0.119. The van der Waals surface area contributed by atoms with Crippen LogP contribution in [0.4, 0.5) is 19.0 Å². The smallest absolute Gasteiger partial charge is 0.264 e. The lowest BCUT2D eigenvalue weighted by Crippen LogP contribution is -2.28. The molecule has 3 aromatic rings. The molecule has 0 spiro atoms. The van der Waals surface area contributed by atoms with E-state index in [9.17, 15) is 27.9 Å². The Bertz CT molecular complexity index is 1570. The van der Waals surface area contributed by atoms with Crippen molar-refractivity contribution in [3.05, 3.63) is 81.4 Å². The van der Waals surface area contributed by atoms with Crippen LogP contribution in [0.5, 0.6) is 0 Å². The predicted molar refractivity (Wildman–Crippen MR) is 162 cm³/mol. The minimum absolute atomic E-state index is 0.0407. The molecular weight excluding hydrogens is 599 g/mol. The molecule has 1 saturated heterocycles. The molecule has 1 fully saturated rings. The van der Waals surface area contributed by atoms with Gasteiger partial charge < -0.3 is 16.2 Å². The van der Waals surface area contributed by atoms with Gasteiger partial charge in [-0.1, -0.05) is 24.6 Å². The van der Waals surface area contributed by atoms with Gasteiger partial charge in [0.05, 0.1) is 41.5 Å². The zero-order chi connectivity index (χ0) is 32.6. The van der Waals surface area contributed by atoms with Crippen molar-refractivity contribution in [1.29, 1.82) is 0 Å². The fourth-order valence-corrected chi connectivity index (χ4v) is 4.66. The summed E-state index contributed by atoms with van der Waals surface area (Å²) in [6.45, 7) is 6.42. The average Bonchev–Trinajstić information content (AvgIpc) is 3.35. The van der Waals surface area contributed by atoms with E-state index >= 15 is 0 Å². The summed E-state index contributed by atoms with van der Waals surface area (Å²) in [6, 6.07) is 1.62. The van der Waals surface area contributed by atoms with Crippen LogP contribution in [0, 0.1) is 25.6 Å². The van der Waals surface area contributed by atoms with Crippen molar-refractivity contribution in [3.63, 3.8) is 0 Å². The van der Waals surface area contributed by atoms with Gasteiger partial charge >= 0.3 is 0 Å². The number of hydrogen-bond acceptors (Lipinski definition) is 9. The number of allylic oxidation sites excluding steroid dienone is 1. The van der Waals surface area contributed by atoms with Gasteiger partial charge in [0.25, 0.3) is 6.43 Å². The maximum atomic E-state index is 13.9. The third kappa shape index (κ3) is 7.58. The SMILES string of the molecule is CN/C(C=NC(CO)c1cnc(N2CC[C@@H](C)C2=O)c(C)c1C)=C/N.O=Cc1cncc(-c2c(C(F)F)ccc(Cl)c2F)n1. The molecule has 44 heavy (non-hydrogen) atoms. The Morgan fingerprint density at radius 2 is 1.98 bits per heavy atom. The molecule has 1 amide bonds. The number of aliphatic imine (C=N–C) groups is 1. The van der Waals surface area contributed by atoms with Gasteiger partial charge in [0.1, 0.15) is 11.5 Å². The summed E-state index contributed by atoms with van der Waals surface area (Å²) in [5, 5.41) is 12.3. The van der Waals surface area contributed by atoms with E-state index in [0.717, 1.165) is 47.6 Å². The number of aromatic nitrogens is 3. The van der Waals surface area contributed by atoms with Gasteiger partial charge in [0, 0.05) is 54.8 Å². The largest absolute Gasteiger partial charge is 0.403 e. The van der Waals surface area contributed by atoms with Crippen molar-refractivity contribution in [2.24, 2.45) is 16.6 Å². The summed E-state index contributed by atoms with van der Waals surface area (Å²) < 4.78 is 39.7. The zero-order valence-corrected chi connectivity index (χ0v) is 25.3. The molecule has 3 heterocycles. The Morgan fingerprint density at radius 1 is 1.25 bits per heavy atom. The molecule has 10 nitrogen and oxygen atoms in total. The Labute approximate surface area is 257 Å². The second-order valence-electron chi connectivity index (χ2n) is 9.89. The molecule has 234 valence electrons. The minimum atomic E-state index is -2.90. The Kier molecular flexibility index (Phi) is 11.9. The molecule has 0 saturated carbocycles. The van der Waals surface area contributed by atoms with Crippen molar-refractivity contribution in [1.82, 2.24) is 20.3 Å². The standard InChI is InChI=1S/C18H27N5O2.C12H6ClF3N2O/c1-11-5-6-23(18(11)25)17-13(3)12(2)15(9-22-17)16(10-24)21-8-14(7-19)20-4;13-8-2-1-7(12(15)16)10(11(8)14)9-4-17-3-6(5-19)18-9/h7-9,11,16,20,24H,5-6,10,19H2,1-4H3;1-5,12H/b14-7+,21-8?;/t11-,16?;/m1./s1. The molecule has 1 aliphatic heterocycles. The molecule has 0 aliphatic carbocycles. The normalized spacial score (nSPS) is 15.9. The molecular formula is C30H33ClF3N7O3. The predicted octanol–water partition coefficient (Wildman–Crippen LogP) is 4.88. The average molecular weight is 632 g/mol. The van der Waals surface area contributed by atoms with Crippen molar-refractivity contribution >= 4 is 35.8 Å². The number of aliphatic hydroxyl groups is 1. The molecule has 0 radical (unpaired) electrons. The van der Waals surface area contributed by atoms with Crippen LogP contribution in [0.1, 0.15) is 58.6 Å². The highest BCUT2D eigenvalue weighted by Gasteiger charge is 2.31. The number of aliphatic hydroxyl groups excluding tert-OH is 1. The highest BCUT2D eigenvalue weighted by molar-refractivity contribution is 6.31. The summed E-state index contributed by atoms with van der Waals surface area (Å²) in [6.07, 6.45) is 5.28. The van der Waals surface area contributed by atoms with E-state index in [-0.39, 0.29) is 34.8 Å². The first kappa shape index (κ1) is 34.1. The fourth-order valence-electron chi connectivity index (χ4n) is 4.50. The molecule has 1 aliphatic rings. The molecule has 2 atom stereocenters. The first-order chi connectivity index (χ1) is 21.0. The number of nitrogens with zero attached hydrogens (tertiary/aromatic N) is 5. The maximum Gasteiger partial charge on any atom is 0.264 e. The topological polar surface area (TPSA) is 147 Å². The maximum absolute atomic E-state index is 13.9. The van der Waals surface area contributed by atoms with Gasteiger partial charge in [-0.15, -0.1) is 0 Å². The molecule has 0 bridgehead atoms. The number of carbonyl (C=O) groups excluding carboxylic acids is 2. The van der Waals surface area contributed by atoms with Crippen LogP contribution < -0.4 is 16.0 Å². The van der Waals surface area contributed by atoms with Crippen LogP contribution in [0.25, 0.3) is 11.3 Å². The quantitative estimate of drug-likeness (QED) is 0.224. The molecule has 1 unspecified atom stereocenters. The number of aldehydes is 1. The second-order valence-corrected chi connectivity index (χ2v) is 10.3. The highest BCUT2D eigenvalue weighted by atomic mass is 35.5. The molecule has 4 rings (SSSR count). The Hall–Kier alpha value is -4.36. The van der Waals surface area contributed by atoms with Crippen LogP contribution in [-0.2, 0) is 4.79 Å². The summed E-state index contributed by atoms with van der Waals surface area (Å²) in [5.41, 5.74) is 7.66. The number of alkyl halides is 2. The van der Waals surface area contributed by atoms with Crippen molar-refractivity contribution in [2.45, 2.75) is 39.7 Å². The van der Waals surface area contributed by atoms with Crippen LogP contribution >= 0.6 is 11.6 Å². The number of halogens is 4. The summed E-state index contributed by atoms with van der Waals surface area (Å²) in [4.78, 5) is 40.9. The lowest BCUT2D eigenvalue weighted by Gasteiger charge is -2.22. The van der Waals surface area contributed by atoms with Gasteiger partial charge in [-0.3, -0.25) is 24.5 Å². The number of benzene rings is 1. The van der Waals surface area contributed by atoms with Crippen LogP contribution in [0.2, 0.25) is 5.02 Å². The lowest BCUT2D eigenvalue weighted by atomic mass is 10.00. The van der Waals surface area contributed by atoms with E-state index in [2.05, 4.69) is 25.3 Å². The van der Waals surface area contributed by atoms with Crippen molar-refractivity contribution in [3.8, 4) is 11.3 Å². The van der Waals surface area contributed by atoms with Crippen LogP contribution in [0.15, 0.2) is 47.6 Å². The number of hydrogen-bond donors (Lipinski definition) is 3. The third-order valence-corrected chi connectivity index (χ3v) is 7.46. The van der Waals surface area contributed by atoms with E-state index in [1.807, 2.05) is 20.8 Å². The second kappa shape index (κ2) is 15.4. The van der Waals surface area contributed by atoms with Gasteiger partial charge in [-0.2, -0.15) is 0 Å². The minimum Gasteiger partial charge on any atom is -0.403 e. The van der Waals surface area contributed by atoms with Crippen molar-refractivity contribution < 1.29 is 27.9 Å². The number of nitrogens with one attached hydrogen (secondary N) is 1. The number of nitrogens with two attached hydrogens (primary N) is 1. The fraction of sp³-hybridized carbons (Fsp3) is 0.333. The first-order valence-electron chi connectivity index (χ1n) is 13.5. The van der Waals surface area contributed by atoms with Gasteiger partial charge in [-0.25, -0.2) is 23.1 Å². The first-order valence-corrected chi connectivity index (χ1v) is 13.9. The van der Waals surface area contributed by atoms with Crippen LogP contribution in [0.3, 0.4) is 0 Å². The number of amides is 1. The summed E-state index contributed by atoms with van der Waals surface area (Å²) in [7, 11) is 1.75. The van der Waals surface area contributed by atoms with E-state index in [0.29, 0.717) is 24.3 Å².